The Kier molecular flexibility index (Phi) is 5.41. The number of rotatable bonds is 5. The number of hydrogen-bond acceptors (Lipinski definition) is 3. The lowest BCUT2D eigenvalue weighted by molar-refractivity contribution is -0.139. The average Bonchev–Trinajstić information content (AvgIpc) is 2.28. The van der Waals surface area contributed by atoms with Crippen LogP contribution in [0, 0.1) is 0 Å². The summed E-state index contributed by atoms with van der Waals surface area (Å²) in [5, 5.41) is 8.54. The van der Waals surface area contributed by atoms with Crippen molar-refractivity contribution in [1.82, 2.24) is 9.80 Å². The van der Waals surface area contributed by atoms with Crippen LogP contribution in [0.2, 0.25) is 0 Å². The third-order valence-corrected chi connectivity index (χ3v) is 3.32. The highest BCUT2D eigenvalue weighted by Crippen LogP contribution is 2.16. The van der Waals surface area contributed by atoms with Crippen LogP contribution in [0.5, 0.6) is 0 Å². The third-order valence-electron chi connectivity index (χ3n) is 3.32. The van der Waals surface area contributed by atoms with Crippen LogP contribution in [0.1, 0.15) is 32.1 Å². The minimum atomic E-state index is -0.805. The molecule has 0 aromatic rings. The van der Waals surface area contributed by atoms with Gasteiger partial charge in [0.25, 0.3) is 0 Å². The van der Waals surface area contributed by atoms with Crippen LogP contribution in [0.25, 0.3) is 0 Å². The minimum absolute atomic E-state index is 0.0152. The second kappa shape index (κ2) is 6.59. The average molecular weight is 242 g/mol. The van der Waals surface area contributed by atoms with Gasteiger partial charge in [0.1, 0.15) is 0 Å². The molecule has 0 aromatic heterocycles. The molecular formula is C12H22N2O3. The van der Waals surface area contributed by atoms with Crippen molar-refractivity contribution in [3.8, 4) is 0 Å². The molecule has 0 bridgehead atoms. The van der Waals surface area contributed by atoms with Gasteiger partial charge in [0.15, 0.2) is 0 Å². The topological polar surface area (TPSA) is 60.9 Å². The summed E-state index contributed by atoms with van der Waals surface area (Å²) in [6.07, 6.45) is 3.82. The van der Waals surface area contributed by atoms with Crippen molar-refractivity contribution in [2.45, 2.75) is 38.1 Å². The van der Waals surface area contributed by atoms with Gasteiger partial charge >= 0.3 is 5.97 Å². The number of carboxylic acid groups (broad SMARTS) is 1. The monoisotopic (exact) mass is 242 g/mol. The number of carbonyl (C=O) groups excluding carboxylic acids is 1. The van der Waals surface area contributed by atoms with E-state index in [9.17, 15) is 9.59 Å². The maximum Gasteiger partial charge on any atom is 0.303 e. The summed E-state index contributed by atoms with van der Waals surface area (Å²) >= 11 is 0. The zero-order chi connectivity index (χ0) is 12.8. The Bertz CT molecular complexity index is 281. The van der Waals surface area contributed by atoms with Gasteiger partial charge in [-0.1, -0.05) is 6.42 Å². The first-order valence-corrected chi connectivity index (χ1v) is 6.19. The Labute approximate surface area is 102 Å². The van der Waals surface area contributed by atoms with E-state index in [0.717, 1.165) is 25.8 Å². The van der Waals surface area contributed by atoms with E-state index < -0.39 is 5.97 Å². The second-order valence-corrected chi connectivity index (χ2v) is 4.75. The molecule has 0 radical (unpaired) electrons. The lowest BCUT2D eigenvalue weighted by Crippen LogP contribution is -2.48. The number of likely N-dealkylation sites (N-methyl/N-ethyl adjacent to an activating group) is 2. The molecule has 1 heterocycles. The smallest absolute Gasteiger partial charge is 0.303 e. The fourth-order valence-electron chi connectivity index (χ4n) is 2.22. The first kappa shape index (κ1) is 14.0. The summed E-state index contributed by atoms with van der Waals surface area (Å²) in [6, 6.07) is -0.0152. The van der Waals surface area contributed by atoms with E-state index in [1.165, 1.54) is 0 Å². The summed E-state index contributed by atoms with van der Waals surface area (Å²) in [5.74, 6) is -0.682. The van der Waals surface area contributed by atoms with Crippen molar-refractivity contribution >= 4 is 11.9 Å². The molecule has 5 nitrogen and oxygen atoms in total. The minimum Gasteiger partial charge on any atom is -0.481 e. The number of amides is 1. The number of carbonyl (C=O) groups is 2. The highest BCUT2D eigenvalue weighted by atomic mass is 16.4. The number of carboxylic acids is 1. The predicted octanol–water partition coefficient (Wildman–Crippen LogP) is 0.794. The number of piperidine rings is 1. The van der Waals surface area contributed by atoms with Crippen molar-refractivity contribution in [1.29, 1.82) is 0 Å². The zero-order valence-corrected chi connectivity index (χ0v) is 10.7. The van der Waals surface area contributed by atoms with Crippen molar-refractivity contribution < 1.29 is 14.7 Å². The van der Waals surface area contributed by atoms with Crippen LogP contribution in [0.15, 0.2) is 0 Å². The summed E-state index contributed by atoms with van der Waals surface area (Å²) in [4.78, 5) is 26.3. The molecule has 1 saturated heterocycles. The summed E-state index contributed by atoms with van der Waals surface area (Å²) in [6.45, 7) is 1.49. The van der Waals surface area contributed by atoms with Crippen molar-refractivity contribution in [2.24, 2.45) is 0 Å². The first-order chi connectivity index (χ1) is 8.02. The van der Waals surface area contributed by atoms with Gasteiger partial charge in [-0.05, 0) is 32.9 Å². The quantitative estimate of drug-likeness (QED) is 0.774. The molecule has 1 aliphatic heterocycles. The van der Waals surface area contributed by atoms with Crippen LogP contribution < -0.4 is 0 Å². The highest BCUT2D eigenvalue weighted by molar-refractivity contribution is 5.81. The third kappa shape index (κ3) is 4.34. The van der Waals surface area contributed by atoms with Gasteiger partial charge in [0.2, 0.25) is 5.91 Å². The van der Waals surface area contributed by atoms with Gasteiger partial charge in [-0.25, -0.2) is 0 Å². The number of hydrogen-bond donors (Lipinski definition) is 1. The Morgan fingerprint density at radius 1 is 1.41 bits per heavy atom. The molecule has 1 atom stereocenters. The van der Waals surface area contributed by atoms with Gasteiger partial charge < -0.3 is 10.0 Å². The van der Waals surface area contributed by atoms with E-state index in [2.05, 4.69) is 4.90 Å². The molecule has 0 spiro atoms. The van der Waals surface area contributed by atoms with E-state index in [1.807, 2.05) is 7.05 Å². The standard InChI is InChI=1S/C12H22N2O3/c1-13-8-4-3-6-10(13)12(17)14(2)9-5-7-11(15)16/h10H,3-9H2,1-2H3,(H,15,16). The Morgan fingerprint density at radius 3 is 2.71 bits per heavy atom. The summed E-state index contributed by atoms with van der Waals surface area (Å²) in [5.41, 5.74) is 0. The Morgan fingerprint density at radius 2 is 2.12 bits per heavy atom. The molecule has 0 aromatic carbocycles. The maximum atomic E-state index is 12.1. The zero-order valence-electron chi connectivity index (χ0n) is 10.7. The second-order valence-electron chi connectivity index (χ2n) is 4.75. The molecule has 1 amide bonds. The van der Waals surface area contributed by atoms with Crippen LogP contribution in [0.3, 0.4) is 0 Å². The molecule has 17 heavy (non-hydrogen) atoms. The van der Waals surface area contributed by atoms with Crippen molar-refractivity contribution in [3.63, 3.8) is 0 Å². The van der Waals surface area contributed by atoms with Gasteiger partial charge in [-0.2, -0.15) is 0 Å². The van der Waals surface area contributed by atoms with E-state index in [0.29, 0.717) is 13.0 Å². The van der Waals surface area contributed by atoms with Gasteiger partial charge in [-0.15, -0.1) is 0 Å². The van der Waals surface area contributed by atoms with Crippen molar-refractivity contribution in [2.75, 3.05) is 27.2 Å². The van der Waals surface area contributed by atoms with Crippen LogP contribution in [-0.2, 0) is 9.59 Å². The molecular weight excluding hydrogens is 220 g/mol. The van der Waals surface area contributed by atoms with E-state index in [1.54, 1.807) is 11.9 Å². The largest absolute Gasteiger partial charge is 0.481 e. The molecule has 1 fully saturated rings. The number of likely N-dealkylation sites (tertiary alicyclic amines) is 1. The Hall–Kier alpha value is -1.10. The first-order valence-electron chi connectivity index (χ1n) is 6.19. The van der Waals surface area contributed by atoms with Crippen molar-refractivity contribution in [3.05, 3.63) is 0 Å². The molecule has 5 heteroatoms. The SMILES string of the molecule is CN(CCCC(=O)O)C(=O)C1CCCCN1C. The summed E-state index contributed by atoms with van der Waals surface area (Å²) in [7, 11) is 3.74. The number of nitrogens with zero attached hydrogens (tertiary/aromatic N) is 2. The fourth-order valence-corrected chi connectivity index (χ4v) is 2.22. The molecule has 1 aliphatic rings. The van der Waals surface area contributed by atoms with E-state index in [-0.39, 0.29) is 18.4 Å². The van der Waals surface area contributed by atoms with Crippen LogP contribution in [-0.4, -0.2) is 60.0 Å². The summed E-state index contributed by atoms with van der Waals surface area (Å²) < 4.78 is 0. The van der Waals surface area contributed by atoms with Crippen LogP contribution >= 0.6 is 0 Å². The maximum absolute atomic E-state index is 12.1. The van der Waals surface area contributed by atoms with Gasteiger partial charge in [0.05, 0.1) is 6.04 Å². The number of aliphatic carboxylic acids is 1. The molecule has 1 N–H and O–H groups in total. The lowest BCUT2D eigenvalue weighted by atomic mass is 10.0. The lowest BCUT2D eigenvalue weighted by Gasteiger charge is -2.34. The molecule has 1 unspecified atom stereocenters. The molecule has 98 valence electrons. The normalized spacial score (nSPS) is 21.2. The predicted molar refractivity (Wildman–Crippen MR) is 64.8 cm³/mol. The van der Waals surface area contributed by atoms with Gasteiger partial charge in [0, 0.05) is 20.0 Å². The van der Waals surface area contributed by atoms with Crippen LogP contribution in [0.4, 0.5) is 0 Å². The van der Waals surface area contributed by atoms with Gasteiger partial charge in [-0.3, -0.25) is 14.5 Å². The fraction of sp³-hybridized carbons (Fsp3) is 0.833. The molecule has 0 aliphatic carbocycles. The highest BCUT2D eigenvalue weighted by Gasteiger charge is 2.27. The molecule has 1 rings (SSSR count). The van der Waals surface area contributed by atoms with E-state index in [4.69, 9.17) is 5.11 Å². The molecule has 0 saturated carbocycles. The Balaban J connectivity index is 2.37. The van der Waals surface area contributed by atoms with E-state index >= 15 is 0 Å².